The Morgan fingerprint density at radius 3 is 3.06 bits per heavy atom. The molecule has 0 radical (unpaired) electrons. The summed E-state index contributed by atoms with van der Waals surface area (Å²) in [6.45, 7) is 5.72. The number of ether oxygens (including phenoxy) is 2. The highest BCUT2D eigenvalue weighted by Crippen LogP contribution is 2.30. The minimum atomic E-state index is -0.329. The van der Waals surface area contributed by atoms with Crippen molar-refractivity contribution >= 4 is 0 Å². The number of rotatable bonds is 5. The quantitative estimate of drug-likeness (QED) is 0.828. The SMILES string of the molecule is CCOCC(N)c1noc(C2CCOC2C)n1. The van der Waals surface area contributed by atoms with E-state index >= 15 is 0 Å². The van der Waals surface area contributed by atoms with Gasteiger partial charge in [-0.2, -0.15) is 4.98 Å². The molecule has 1 aliphatic heterocycles. The first-order valence-electron chi connectivity index (χ1n) is 6.00. The maximum atomic E-state index is 5.89. The highest BCUT2D eigenvalue weighted by molar-refractivity contribution is 5.01. The summed E-state index contributed by atoms with van der Waals surface area (Å²) < 4.78 is 15.9. The summed E-state index contributed by atoms with van der Waals surface area (Å²) in [7, 11) is 0. The van der Waals surface area contributed by atoms with Gasteiger partial charge in [0.05, 0.1) is 24.7 Å². The highest BCUT2D eigenvalue weighted by Gasteiger charge is 2.31. The first-order valence-corrected chi connectivity index (χ1v) is 6.00. The molecular weight excluding hydrogens is 222 g/mol. The maximum absolute atomic E-state index is 5.89. The van der Waals surface area contributed by atoms with Crippen LogP contribution in [0, 0.1) is 0 Å². The highest BCUT2D eigenvalue weighted by atomic mass is 16.5. The molecule has 0 saturated carbocycles. The normalized spacial score (nSPS) is 26.3. The van der Waals surface area contributed by atoms with Crippen LogP contribution in [0.4, 0.5) is 0 Å². The van der Waals surface area contributed by atoms with E-state index < -0.39 is 0 Å². The molecule has 3 atom stereocenters. The lowest BCUT2D eigenvalue weighted by atomic mass is 10.0. The van der Waals surface area contributed by atoms with Gasteiger partial charge < -0.3 is 19.7 Å². The smallest absolute Gasteiger partial charge is 0.232 e. The van der Waals surface area contributed by atoms with Gasteiger partial charge in [-0.05, 0) is 20.3 Å². The van der Waals surface area contributed by atoms with E-state index in [2.05, 4.69) is 10.1 Å². The van der Waals surface area contributed by atoms with E-state index in [0.717, 1.165) is 13.0 Å². The van der Waals surface area contributed by atoms with Gasteiger partial charge in [0, 0.05) is 13.2 Å². The summed E-state index contributed by atoms with van der Waals surface area (Å²) in [4.78, 5) is 4.33. The molecule has 1 aromatic heterocycles. The zero-order chi connectivity index (χ0) is 12.3. The molecule has 0 spiro atoms. The van der Waals surface area contributed by atoms with E-state index in [1.807, 2.05) is 13.8 Å². The summed E-state index contributed by atoms with van der Waals surface area (Å²) in [5.41, 5.74) is 5.89. The van der Waals surface area contributed by atoms with Crippen molar-refractivity contribution in [3.05, 3.63) is 11.7 Å². The van der Waals surface area contributed by atoms with Gasteiger partial charge in [-0.1, -0.05) is 5.16 Å². The van der Waals surface area contributed by atoms with Crippen LogP contribution in [0.5, 0.6) is 0 Å². The fourth-order valence-electron chi connectivity index (χ4n) is 1.92. The molecular formula is C11H19N3O3. The zero-order valence-corrected chi connectivity index (χ0v) is 10.3. The van der Waals surface area contributed by atoms with Gasteiger partial charge in [0.2, 0.25) is 5.89 Å². The van der Waals surface area contributed by atoms with Crippen LogP contribution in [0.15, 0.2) is 4.52 Å². The number of hydrogen-bond acceptors (Lipinski definition) is 6. The van der Waals surface area contributed by atoms with Gasteiger partial charge in [-0.15, -0.1) is 0 Å². The van der Waals surface area contributed by atoms with Crippen molar-refractivity contribution < 1.29 is 14.0 Å². The Morgan fingerprint density at radius 2 is 2.41 bits per heavy atom. The van der Waals surface area contributed by atoms with Crippen LogP contribution in [0.25, 0.3) is 0 Å². The van der Waals surface area contributed by atoms with E-state index in [0.29, 0.717) is 24.9 Å². The number of nitrogens with zero attached hydrogens (tertiary/aromatic N) is 2. The number of aromatic nitrogens is 2. The zero-order valence-electron chi connectivity index (χ0n) is 10.3. The van der Waals surface area contributed by atoms with Crippen LogP contribution in [0.2, 0.25) is 0 Å². The molecule has 96 valence electrons. The Bertz CT molecular complexity index is 355. The molecule has 0 aromatic carbocycles. The average molecular weight is 241 g/mol. The third-order valence-electron chi connectivity index (χ3n) is 2.98. The molecule has 1 saturated heterocycles. The fraction of sp³-hybridized carbons (Fsp3) is 0.818. The van der Waals surface area contributed by atoms with Crippen molar-refractivity contribution in [1.82, 2.24) is 10.1 Å². The summed E-state index contributed by atoms with van der Waals surface area (Å²) >= 11 is 0. The Morgan fingerprint density at radius 1 is 1.59 bits per heavy atom. The molecule has 2 N–H and O–H groups in total. The molecule has 0 bridgehead atoms. The predicted molar refractivity (Wildman–Crippen MR) is 60.5 cm³/mol. The average Bonchev–Trinajstić information content (AvgIpc) is 2.93. The molecule has 0 amide bonds. The van der Waals surface area contributed by atoms with Crippen LogP contribution in [-0.2, 0) is 9.47 Å². The fourth-order valence-corrected chi connectivity index (χ4v) is 1.92. The minimum absolute atomic E-state index is 0.131. The Balaban J connectivity index is 2.00. The van der Waals surface area contributed by atoms with Crippen LogP contribution < -0.4 is 5.73 Å². The van der Waals surface area contributed by atoms with E-state index in [1.54, 1.807) is 0 Å². The molecule has 1 fully saturated rings. The monoisotopic (exact) mass is 241 g/mol. The van der Waals surface area contributed by atoms with E-state index in [-0.39, 0.29) is 18.1 Å². The summed E-state index contributed by atoms with van der Waals surface area (Å²) in [5, 5.41) is 3.90. The van der Waals surface area contributed by atoms with Gasteiger partial charge in [-0.25, -0.2) is 0 Å². The molecule has 6 nitrogen and oxygen atoms in total. The topological polar surface area (TPSA) is 83.4 Å². The molecule has 0 aliphatic carbocycles. The molecule has 2 rings (SSSR count). The second kappa shape index (κ2) is 5.57. The Kier molecular flexibility index (Phi) is 4.09. The molecule has 17 heavy (non-hydrogen) atoms. The lowest BCUT2D eigenvalue weighted by Crippen LogP contribution is -2.19. The van der Waals surface area contributed by atoms with Gasteiger partial charge >= 0.3 is 0 Å². The van der Waals surface area contributed by atoms with Crippen molar-refractivity contribution in [2.45, 2.75) is 38.3 Å². The Labute approximate surface area is 100 Å². The molecule has 3 unspecified atom stereocenters. The molecule has 2 heterocycles. The van der Waals surface area contributed by atoms with Crippen LogP contribution in [0.3, 0.4) is 0 Å². The second-order valence-corrected chi connectivity index (χ2v) is 4.23. The minimum Gasteiger partial charge on any atom is -0.380 e. The van der Waals surface area contributed by atoms with Crippen molar-refractivity contribution in [2.75, 3.05) is 19.8 Å². The van der Waals surface area contributed by atoms with Gasteiger partial charge in [-0.3, -0.25) is 0 Å². The lowest BCUT2D eigenvalue weighted by Gasteiger charge is -2.08. The van der Waals surface area contributed by atoms with Gasteiger partial charge in [0.15, 0.2) is 5.82 Å². The van der Waals surface area contributed by atoms with Gasteiger partial charge in [0.25, 0.3) is 0 Å². The molecule has 1 aliphatic rings. The number of hydrogen-bond donors (Lipinski definition) is 1. The van der Waals surface area contributed by atoms with Gasteiger partial charge in [0.1, 0.15) is 0 Å². The second-order valence-electron chi connectivity index (χ2n) is 4.23. The van der Waals surface area contributed by atoms with E-state index in [4.69, 9.17) is 19.7 Å². The summed E-state index contributed by atoms with van der Waals surface area (Å²) in [6, 6.07) is -0.329. The number of nitrogens with two attached hydrogens (primary N) is 1. The van der Waals surface area contributed by atoms with E-state index in [1.165, 1.54) is 0 Å². The lowest BCUT2D eigenvalue weighted by molar-refractivity contribution is 0.113. The molecule has 6 heteroatoms. The Hall–Kier alpha value is -0.980. The predicted octanol–water partition coefficient (Wildman–Crippen LogP) is 0.998. The van der Waals surface area contributed by atoms with Crippen molar-refractivity contribution in [1.29, 1.82) is 0 Å². The van der Waals surface area contributed by atoms with Crippen molar-refractivity contribution in [3.8, 4) is 0 Å². The summed E-state index contributed by atoms with van der Waals surface area (Å²) in [6.07, 6.45) is 1.05. The first kappa shape index (κ1) is 12.5. The first-order chi connectivity index (χ1) is 8.22. The maximum Gasteiger partial charge on any atom is 0.232 e. The van der Waals surface area contributed by atoms with Crippen LogP contribution in [0.1, 0.15) is 43.9 Å². The van der Waals surface area contributed by atoms with E-state index in [9.17, 15) is 0 Å². The van der Waals surface area contributed by atoms with Crippen molar-refractivity contribution in [3.63, 3.8) is 0 Å². The largest absolute Gasteiger partial charge is 0.380 e. The third kappa shape index (κ3) is 2.83. The van der Waals surface area contributed by atoms with Crippen molar-refractivity contribution in [2.24, 2.45) is 5.73 Å². The molecule has 1 aromatic rings. The third-order valence-corrected chi connectivity index (χ3v) is 2.98. The van der Waals surface area contributed by atoms with Crippen LogP contribution >= 0.6 is 0 Å². The standard InChI is InChI=1S/C11H19N3O3/c1-3-15-6-9(12)10-13-11(17-14-10)8-4-5-16-7(8)2/h7-9H,3-6,12H2,1-2H3. The summed E-state index contributed by atoms with van der Waals surface area (Å²) in [5.74, 6) is 1.32. The van der Waals surface area contributed by atoms with Crippen LogP contribution in [-0.4, -0.2) is 36.1 Å².